The molecule has 0 saturated carbocycles. The fraction of sp³-hybridized carbons (Fsp3) is 0.280. The van der Waals surface area contributed by atoms with Gasteiger partial charge in [-0.25, -0.2) is 14.4 Å². The Morgan fingerprint density at radius 1 is 1.00 bits per heavy atom. The molecule has 1 fully saturated rings. The van der Waals surface area contributed by atoms with Gasteiger partial charge in [0.2, 0.25) is 0 Å². The second-order valence-electron chi connectivity index (χ2n) is 8.81. The van der Waals surface area contributed by atoms with E-state index in [-0.39, 0.29) is 53.6 Å². The second-order valence-corrected chi connectivity index (χ2v) is 8.81. The highest BCUT2D eigenvalue weighted by atomic mass is 19.4. The van der Waals surface area contributed by atoms with E-state index in [0.29, 0.717) is 5.69 Å². The highest BCUT2D eigenvalue weighted by molar-refractivity contribution is 5.94. The van der Waals surface area contributed by atoms with Gasteiger partial charge in [-0.05, 0) is 44.2 Å². The molecule has 0 spiro atoms. The Morgan fingerprint density at radius 3 is 2.50 bits per heavy atom. The maximum Gasteiger partial charge on any atom is 0.418 e. The van der Waals surface area contributed by atoms with Crippen LogP contribution in [-0.4, -0.2) is 55.5 Å². The number of benzene rings is 1. The zero-order valence-corrected chi connectivity index (χ0v) is 19.4. The fourth-order valence-electron chi connectivity index (χ4n) is 4.64. The third-order valence-electron chi connectivity index (χ3n) is 6.36. The lowest BCUT2D eigenvalue weighted by molar-refractivity contribution is -0.136. The third-order valence-corrected chi connectivity index (χ3v) is 6.36. The van der Waals surface area contributed by atoms with Gasteiger partial charge in [0.05, 0.1) is 10.9 Å². The van der Waals surface area contributed by atoms with Crippen molar-refractivity contribution in [2.75, 3.05) is 18.0 Å². The van der Waals surface area contributed by atoms with Crippen molar-refractivity contribution in [3.05, 3.63) is 78.3 Å². The summed E-state index contributed by atoms with van der Waals surface area (Å²) in [6, 6.07) is 9.71. The van der Waals surface area contributed by atoms with Crippen molar-refractivity contribution in [1.82, 2.24) is 24.4 Å². The number of pyridine rings is 1. The third kappa shape index (κ3) is 4.14. The van der Waals surface area contributed by atoms with Gasteiger partial charge in [-0.2, -0.15) is 13.2 Å². The van der Waals surface area contributed by atoms with Crippen LogP contribution in [-0.2, 0) is 6.18 Å². The number of anilines is 1. The normalized spacial score (nSPS) is 18.6. The number of hydrogen-bond acceptors (Lipinski definition) is 5. The number of amides is 1. The van der Waals surface area contributed by atoms with E-state index in [1.54, 1.807) is 28.0 Å². The lowest BCUT2D eigenvalue weighted by Crippen LogP contribution is -2.58. The number of nitrogens with zero attached hydrogens (tertiary/aromatic N) is 6. The number of hydrogen-bond donors (Lipinski definition) is 0. The van der Waals surface area contributed by atoms with Crippen molar-refractivity contribution >= 4 is 22.8 Å². The summed E-state index contributed by atoms with van der Waals surface area (Å²) in [5, 5.41) is -0.169. The average molecular weight is 498 g/mol. The van der Waals surface area contributed by atoms with Gasteiger partial charge in [0, 0.05) is 43.3 Å². The number of carbonyl (C=O) groups is 1. The molecule has 0 N–H and O–H groups in total. The molecule has 5 rings (SSSR count). The average Bonchev–Trinajstić information content (AvgIpc) is 3.26. The van der Waals surface area contributed by atoms with E-state index in [2.05, 4.69) is 15.0 Å². The smallest absolute Gasteiger partial charge is 0.349 e. The standard InChI is InChI=1S/C25H22F4N6O/c1-15-12-34(24(36)20-8-3-4-9-30-20)16(2)11-33(15)22-21-19(25(27,28)29)13-35(23(21)32-14-31-22)18-7-5-6-17(26)10-18/h3-10,13-16H,11-12H2,1-2H3/t15-,16+/m0/s1. The van der Waals surface area contributed by atoms with E-state index >= 15 is 0 Å². The predicted octanol–water partition coefficient (Wildman–Crippen LogP) is 4.71. The maximum absolute atomic E-state index is 14.2. The van der Waals surface area contributed by atoms with Crippen LogP contribution in [0.3, 0.4) is 0 Å². The molecule has 7 nitrogen and oxygen atoms in total. The lowest BCUT2D eigenvalue weighted by atomic mass is 10.1. The van der Waals surface area contributed by atoms with Crippen molar-refractivity contribution in [2.24, 2.45) is 0 Å². The van der Waals surface area contributed by atoms with Gasteiger partial charge in [-0.15, -0.1) is 0 Å². The Hall–Kier alpha value is -4.02. The summed E-state index contributed by atoms with van der Waals surface area (Å²) in [7, 11) is 0. The molecule has 2 atom stereocenters. The Morgan fingerprint density at radius 2 is 1.81 bits per heavy atom. The lowest BCUT2D eigenvalue weighted by Gasteiger charge is -2.44. The molecular weight excluding hydrogens is 476 g/mol. The molecule has 0 bridgehead atoms. The van der Waals surface area contributed by atoms with Crippen LogP contribution >= 0.6 is 0 Å². The van der Waals surface area contributed by atoms with Crippen LogP contribution in [0.2, 0.25) is 0 Å². The summed E-state index contributed by atoms with van der Waals surface area (Å²) in [4.78, 5) is 29.0. The number of carbonyl (C=O) groups excluding carboxylic acids is 1. The van der Waals surface area contributed by atoms with E-state index in [0.717, 1.165) is 12.3 Å². The van der Waals surface area contributed by atoms with Crippen LogP contribution < -0.4 is 4.90 Å². The van der Waals surface area contributed by atoms with Gasteiger partial charge in [0.1, 0.15) is 23.7 Å². The minimum absolute atomic E-state index is 0.0183. The van der Waals surface area contributed by atoms with Crippen molar-refractivity contribution in [3.63, 3.8) is 0 Å². The summed E-state index contributed by atoms with van der Waals surface area (Å²) >= 11 is 0. The van der Waals surface area contributed by atoms with E-state index < -0.39 is 17.6 Å². The zero-order chi connectivity index (χ0) is 25.6. The first-order valence-corrected chi connectivity index (χ1v) is 11.3. The highest BCUT2D eigenvalue weighted by Crippen LogP contribution is 2.41. The van der Waals surface area contributed by atoms with Gasteiger partial charge in [-0.3, -0.25) is 9.78 Å². The van der Waals surface area contributed by atoms with Gasteiger partial charge >= 0.3 is 6.18 Å². The largest absolute Gasteiger partial charge is 0.418 e. The molecule has 1 saturated heterocycles. The number of halogens is 4. The molecule has 1 aliphatic rings. The summed E-state index contributed by atoms with van der Waals surface area (Å²) in [5.74, 6) is -0.698. The monoisotopic (exact) mass is 498 g/mol. The quantitative estimate of drug-likeness (QED) is 0.383. The Kier molecular flexibility index (Phi) is 5.85. The molecule has 4 aromatic rings. The van der Waals surface area contributed by atoms with E-state index in [1.807, 2.05) is 13.8 Å². The molecule has 186 valence electrons. The number of aromatic nitrogens is 4. The summed E-state index contributed by atoms with van der Waals surface area (Å²) in [5.41, 5.74) is -0.373. The first kappa shape index (κ1) is 23.7. The molecule has 3 aromatic heterocycles. The Labute approximate surface area is 204 Å². The number of alkyl halides is 3. The predicted molar refractivity (Wildman–Crippen MR) is 125 cm³/mol. The number of fused-ring (bicyclic) bond motifs is 1. The maximum atomic E-state index is 14.2. The number of piperazine rings is 1. The Bertz CT molecular complexity index is 1420. The van der Waals surface area contributed by atoms with Crippen LogP contribution in [0.1, 0.15) is 29.9 Å². The highest BCUT2D eigenvalue weighted by Gasteiger charge is 2.40. The zero-order valence-electron chi connectivity index (χ0n) is 19.4. The first-order valence-electron chi connectivity index (χ1n) is 11.3. The minimum atomic E-state index is -4.69. The summed E-state index contributed by atoms with van der Waals surface area (Å²) in [6.45, 7) is 4.19. The summed E-state index contributed by atoms with van der Waals surface area (Å²) in [6.07, 6.45) is -1.03. The molecule has 1 aromatic carbocycles. The first-order chi connectivity index (χ1) is 17.1. The molecule has 11 heteroatoms. The molecule has 0 unspecified atom stereocenters. The molecule has 0 aliphatic carbocycles. The van der Waals surface area contributed by atoms with Crippen LogP contribution in [0.25, 0.3) is 16.7 Å². The minimum Gasteiger partial charge on any atom is -0.349 e. The van der Waals surface area contributed by atoms with Crippen molar-refractivity contribution in [1.29, 1.82) is 0 Å². The Balaban J connectivity index is 1.57. The van der Waals surface area contributed by atoms with Crippen molar-refractivity contribution < 1.29 is 22.4 Å². The van der Waals surface area contributed by atoms with Crippen LogP contribution in [0.15, 0.2) is 61.2 Å². The SMILES string of the molecule is C[C@@H]1CN(c2ncnc3c2c(C(F)(F)F)cn3-c2cccc(F)c2)[C@@H](C)CN1C(=O)c1ccccn1. The van der Waals surface area contributed by atoms with Gasteiger partial charge in [-0.1, -0.05) is 12.1 Å². The van der Waals surface area contributed by atoms with Crippen molar-refractivity contribution in [3.8, 4) is 5.69 Å². The van der Waals surface area contributed by atoms with Crippen LogP contribution in [0.5, 0.6) is 0 Å². The van der Waals surface area contributed by atoms with Crippen LogP contribution in [0, 0.1) is 5.82 Å². The molecule has 0 radical (unpaired) electrons. The summed E-state index contributed by atoms with van der Waals surface area (Å²) < 4.78 is 57.6. The molecule has 36 heavy (non-hydrogen) atoms. The van der Waals surface area contributed by atoms with E-state index in [4.69, 9.17) is 0 Å². The van der Waals surface area contributed by atoms with Gasteiger partial charge in [0.25, 0.3) is 5.91 Å². The van der Waals surface area contributed by atoms with Crippen molar-refractivity contribution in [2.45, 2.75) is 32.1 Å². The van der Waals surface area contributed by atoms with E-state index in [9.17, 15) is 22.4 Å². The fourth-order valence-corrected chi connectivity index (χ4v) is 4.64. The molecular formula is C25H22F4N6O. The molecule has 1 amide bonds. The topological polar surface area (TPSA) is 67.2 Å². The molecule has 1 aliphatic heterocycles. The van der Waals surface area contributed by atoms with Gasteiger partial charge in [0.15, 0.2) is 5.65 Å². The van der Waals surface area contributed by atoms with E-state index in [1.165, 1.54) is 35.3 Å². The van der Waals surface area contributed by atoms with Crippen LogP contribution in [0.4, 0.5) is 23.4 Å². The molecule has 4 heterocycles. The number of rotatable bonds is 3. The van der Waals surface area contributed by atoms with Gasteiger partial charge < -0.3 is 14.4 Å². The second kappa shape index (κ2) is 8.89.